The topological polar surface area (TPSA) is 21.8 Å². The molecule has 440 valence electrons. The van der Waals surface area contributed by atoms with E-state index in [0.717, 1.165) is 123 Å². The van der Waals surface area contributed by atoms with Gasteiger partial charge in [0.15, 0.2) is 0 Å². The number of benzene rings is 16. The first-order valence-corrected chi connectivity index (χ1v) is 32.2. The molecule has 0 N–H and O–H groups in total. The Balaban J connectivity index is 0.956. The van der Waals surface area contributed by atoms with Crippen LogP contribution in [0, 0.1) is 0 Å². The SMILES string of the molecule is c1ccc(N(c2ccc3ccccc3c2)c2ccc3c(c2)c2c(N(c4ccccc4)c4ccc5ccccc5c4)ccc4c2n3c2ccc(N(c3ccccc3)c3ccc5ccccc5c3)c3c5cc(N(c6ccccc6)c6ccc7ccccc7c6)ccc5n4c32)cc1. The zero-order valence-electron chi connectivity index (χ0n) is 51.2. The van der Waals surface area contributed by atoms with Crippen LogP contribution in [0.5, 0.6) is 0 Å². The van der Waals surface area contributed by atoms with Crippen molar-refractivity contribution in [3.8, 4) is 0 Å². The standard InChI is InChI=1S/C88H58N6/c1-5-29-67(30-6-1)89(71-41-37-59-21-13-17-25-63(59)53-71)75-45-47-79-77(57-75)85-81(91(69-33-9-3-10-34-69)73-43-39-61-23-15-19-27-65(61)55-73)49-51-83-87(85)93(79)84-52-50-82(92(70-35-11-4-12-36-70)74-44-40-62-24-16-20-28-66(62)56-74)86-78-58-76(46-48-80(78)94(83)88(84)86)90(68-31-7-2-8-32-68)72-42-38-60-22-14-18-26-64(60)54-72/h1-58H. The summed E-state index contributed by atoms with van der Waals surface area (Å²) in [5.41, 5.74) is 19.5. The smallest absolute Gasteiger partial charge is 0.0804 e. The van der Waals surface area contributed by atoms with Crippen molar-refractivity contribution in [1.29, 1.82) is 0 Å². The van der Waals surface area contributed by atoms with Crippen LogP contribution < -0.4 is 19.6 Å². The van der Waals surface area contributed by atoms with E-state index in [0.29, 0.717) is 0 Å². The molecule has 3 heterocycles. The minimum Gasteiger partial charge on any atom is -0.310 e. The van der Waals surface area contributed by atoms with Gasteiger partial charge in [-0.3, -0.25) is 0 Å². The van der Waals surface area contributed by atoms with Gasteiger partial charge in [0.2, 0.25) is 0 Å². The summed E-state index contributed by atoms with van der Waals surface area (Å²) in [6.07, 6.45) is 0. The molecule has 0 radical (unpaired) electrons. The lowest BCUT2D eigenvalue weighted by molar-refractivity contribution is 1.24. The third-order valence-corrected chi connectivity index (χ3v) is 19.2. The van der Waals surface area contributed by atoms with Crippen molar-refractivity contribution in [2.45, 2.75) is 0 Å². The van der Waals surface area contributed by atoms with E-state index in [9.17, 15) is 0 Å². The number of aromatic nitrogens is 2. The number of hydrogen-bond acceptors (Lipinski definition) is 4. The third-order valence-electron chi connectivity index (χ3n) is 19.2. The average Bonchev–Trinajstić information content (AvgIpc) is 1.51. The minimum atomic E-state index is 1.06. The van der Waals surface area contributed by atoms with Crippen LogP contribution in [0.3, 0.4) is 0 Å². The number of para-hydroxylation sites is 4. The van der Waals surface area contributed by atoms with Crippen LogP contribution in [0.1, 0.15) is 0 Å². The number of hydrogen-bond donors (Lipinski definition) is 0. The molecule has 19 aromatic rings. The highest BCUT2D eigenvalue weighted by molar-refractivity contribution is 6.28. The van der Waals surface area contributed by atoms with Crippen LogP contribution in [0.25, 0.3) is 97.7 Å². The van der Waals surface area contributed by atoms with Crippen LogP contribution in [0.4, 0.5) is 68.2 Å². The van der Waals surface area contributed by atoms with Gasteiger partial charge in [0, 0.05) is 78.4 Å². The van der Waals surface area contributed by atoms with Gasteiger partial charge in [0.05, 0.1) is 44.5 Å². The maximum Gasteiger partial charge on any atom is 0.0804 e. The largest absolute Gasteiger partial charge is 0.310 e. The Morgan fingerprint density at radius 2 is 0.415 bits per heavy atom. The molecule has 0 aliphatic rings. The highest BCUT2D eigenvalue weighted by Crippen LogP contribution is 2.53. The molecule has 0 aliphatic carbocycles. The van der Waals surface area contributed by atoms with Gasteiger partial charge >= 0.3 is 0 Å². The first-order valence-electron chi connectivity index (χ1n) is 32.2. The Labute approximate surface area is 543 Å². The zero-order chi connectivity index (χ0) is 61.8. The Kier molecular flexibility index (Phi) is 12.2. The molecular weight excluding hydrogens is 1140 g/mol. The molecule has 0 amide bonds. The molecule has 0 fully saturated rings. The molecule has 16 aromatic carbocycles. The number of anilines is 12. The molecule has 3 aromatic heterocycles. The quantitative estimate of drug-likeness (QED) is 0.114. The summed E-state index contributed by atoms with van der Waals surface area (Å²) in [6, 6.07) is 129. The van der Waals surface area contributed by atoms with Crippen molar-refractivity contribution < 1.29 is 0 Å². The first kappa shape index (κ1) is 53.2. The fraction of sp³-hybridized carbons (Fsp3) is 0. The third kappa shape index (κ3) is 8.51. The van der Waals surface area contributed by atoms with Crippen LogP contribution in [0.2, 0.25) is 0 Å². The maximum absolute atomic E-state index is 2.58. The molecule has 0 atom stereocenters. The van der Waals surface area contributed by atoms with Crippen LogP contribution in [0.15, 0.2) is 352 Å². The van der Waals surface area contributed by atoms with E-state index in [4.69, 9.17) is 0 Å². The molecule has 0 aliphatic heterocycles. The average molecular weight is 1200 g/mol. The summed E-state index contributed by atoms with van der Waals surface area (Å²) >= 11 is 0. The van der Waals surface area contributed by atoms with E-state index in [1.807, 2.05) is 0 Å². The van der Waals surface area contributed by atoms with Gasteiger partial charge in [-0.2, -0.15) is 0 Å². The molecule has 19 rings (SSSR count). The Bertz CT molecular complexity index is 5760. The van der Waals surface area contributed by atoms with Crippen LogP contribution in [-0.4, -0.2) is 8.80 Å². The molecule has 0 unspecified atom stereocenters. The maximum atomic E-state index is 2.58. The molecule has 6 heteroatoms. The zero-order valence-corrected chi connectivity index (χ0v) is 51.2. The molecular formula is C88H58N6. The monoisotopic (exact) mass is 1200 g/mol. The highest BCUT2D eigenvalue weighted by Gasteiger charge is 2.30. The normalized spacial score (nSPS) is 11.8. The fourth-order valence-corrected chi connectivity index (χ4v) is 15.0. The van der Waals surface area contributed by atoms with Crippen molar-refractivity contribution in [1.82, 2.24) is 8.80 Å². The summed E-state index contributed by atoms with van der Waals surface area (Å²) < 4.78 is 5.17. The van der Waals surface area contributed by atoms with Gasteiger partial charge in [0.25, 0.3) is 0 Å². The van der Waals surface area contributed by atoms with E-state index in [2.05, 4.69) is 380 Å². The summed E-state index contributed by atoms with van der Waals surface area (Å²) in [6.45, 7) is 0. The van der Waals surface area contributed by atoms with Gasteiger partial charge in [-0.25, -0.2) is 0 Å². The molecule has 0 spiro atoms. The second-order valence-electron chi connectivity index (χ2n) is 24.5. The van der Waals surface area contributed by atoms with E-state index in [1.165, 1.54) is 43.1 Å². The van der Waals surface area contributed by atoms with Gasteiger partial charge < -0.3 is 28.4 Å². The van der Waals surface area contributed by atoms with E-state index in [1.54, 1.807) is 0 Å². The fourth-order valence-electron chi connectivity index (χ4n) is 15.0. The lowest BCUT2D eigenvalue weighted by atomic mass is 10.0. The molecule has 94 heavy (non-hydrogen) atoms. The van der Waals surface area contributed by atoms with Crippen LogP contribution >= 0.6 is 0 Å². The lowest BCUT2D eigenvalue weighted by Crippen LogP contribution is -2.11. The Hall–Kier alpha value is -12.6. The van der Waals surface area contributed by atoms with Gasteiger partial charge in [-0.1, -0.05) is 194 Å². The molecule has 0 bridgehead atoms. The summed E-state index contributed by atoms with van der Waals surface area (Å²) in [5.74, 6) is 0. The van der Waals surface area contributed by atoms with E-state index < -0.39 is 0 Å². The van der Waals surface area contributed by atoms with E-state index >= 15 is 0 Å². The van der Waals surface area contributed by atoms with Gasteiger partial charge in [0.1, 0.15) is 0 Å². The number of rotatable bonds is 12. The second kappa shape index (κ2) is 21.5. The highest BCUT2D eigenvalue weighted by atomic mass is 15.2. The summed E-state index contributed by atoms with van der Waals surface area (Å²) in [5, 5.41) is 14.1. The van der Waals surface area contributed by atoms with Crippen molar-refractivity contribution >= 4 is 166 Å². The van der Waals surface area contributed by atoms with Crippen molar-refractivity contribution in [3.05, 3.63) is 352 Å². The number of fused-ring (bicyclic) bond motifs is 12. The summed E-state index contributed by atoms with van der Waals surface area (Å²) in [4.78, 5) is 9.78. The Morgan fingerprint density at radius 3 is 0.734 bits per heavy atom. The Morgan fingerprint density at radius 1 is 0.170 bits per heavy atom. The summed E-state index contributed by atoms with van der Waals surface area (Å²) in [7, 11) is 0. The lowest BCUT2D eigenvalue weighted by Gasteiger charge is -2.28. The van der Waals surface area contributed by atoms with Crippen LogP contribution in [-0.2, 0) is 0 Å². The molecule has 0 saturated carbocycles. The first-order chi connectivity index (χ1) is 46.6. The van der Waals surface area contributed by atoms with Gasteiger partial charge in [-0.15, -0.1) is 0 Å². The molecule has 0 saturated heterocycles. The van der Waals surface area contributed by atoms with Crippen molar-refractivity contribution in [2.75, 3.05) is 19.6 Å². The van der Waals surface area contributed by atoms with E-state index in [-0.39, 0.29) is 0 Å². The van der Waals surface area contributed by atoms with Gasteiger partial charge in [-0.05, 0) is 201 Å². The minimum absolute atomic E-state index is 1.06. The second-order valence-corrected chi connectivity index (χ2v) is 24.5. The number of nitrogens with zero attached hydrogens (tertiary/aromatic N) is 6. The molecule has 6 nitrogen and oxygen atoms in total. The van der Waals surface area contributed by atoms with Crippen molar-refractivity contribution in [2.24, 2.45) is 0 Å². The van der Waals surface area contributed by atoms with Crippen molar-refractivity contribution in [3.63, 3.8) is 0 Å². The predicted molar refractivity (Wildman–Crippen MR) is 398 cm³/mol. The predicted octanol–water partition coefficient (Wildman–Crippen LogP) is 24.7.